The Kier molecular flexibility index (Phi) is 4.41. The number of ether oxygens (including phenoxy) is 1. The quantitative estimate of drug-likeness (QED) is 0.902. The van der Waals surface area contributed by atoms with Gasteiger partial charge in [-0.3, -0.25) is 10.00 Å². The van der Waals surface area contributed by atoms with Gasteiger partial charge in [-0.25, -0.2) is 8.42 Å². The maximum absolute atomic E-state index is 11.8. The summed E-state index contributed by atoms with van der Waals surface area (Å²) in [6.07, 6.45) is 3.56. The van der Waals surface area contributed by atoms with Crippen LogP contribution in [0.3, 0.4) is 0 Å². The van der Waals surface area contributed by atoms with E-state index in [-0.39, 0.29) is 5.92 Å². The van der Waals surface area contributed by atoms with Gasteiger partial charge in [0.05, 0.1) is 19.0 Å². The molecule has 1 aliphatic heterocycles. The number of H-pyrrole nitrogens is 1. The van der Waals surface area contributed by atoms with E-state index >= 15 is 0 Å². The fourth-order valence-corrected chi connectivity index (χ4v) is 3.97. The van der Waals surface area contributed by atoms with E-state index in [4.69, 9.17) is 4.74 Å². The van der Waals surface area contributed by atoms with Crippen molar-refractivity contribution in [2.45, 2.75) is 23.8 Å². The Morgan fingerprint density at radius 2 is 2.26 bits per heavy atom. The molecule has 0 saturated carbocycles. The molecule has 1 aromatic carbocycles. The van der Waals surface area contributed by atoms with Gasteiger partial charge in [-0.1, -0.05) is 12.1 Å². The van der Waals surface area contributed by atoms with Gasteiger partial charge in [-0.15, -0.1) is 0 Å². The molecule has 1 N–H and O–H groups in total. The van der Waals surface area contributed by atoms with Crippen LogP contribution in [0.1, 0.15) is 23.6 Å². The Labute approximate surface area is 136 Å². The second-order valence-corrected chi connectivity index (χ2v) is 7.98. The molecule has 1 aliphatic rings. The molecule has 0 bridgehead atoms. The number of benzene rings is 1. The molecular weight excluding hydrogens is 314 g/mol. The number of rotatable bonds is 5. The van der Waals surface area contributed by atoms with Gasteiger partial charge in [0.1, 0.15) is 10.6 Å². The van der Waals surface area contributed by atoms with Crippen LogP contribution >= 0.6 is 0 Å². The highest BCUT2D eigenvalue weighted by Crippen LogP contribution is 2.31. The van der Waals surface area contributed by atoms with E-state index in [0.29, 0.717) is 4.90 Å². The lowest BCUT2D eigenvalue weighted by Crippen LogP contribution is -2.20. The molecule has 1 unspecified atom stereocenters. The van der Waals surface area contributed by atoms with Crippen molar-refractivity contribution < 1.29 is 13.2 Å². The Morgan fingerprint density at radius 1 is 1.43 bits per heavy atom. The number of aromatic nitrogens is 2. The number of nitrogens with one attached hydrogen (secondary N) is 1. The number of hydrogen-bond donors (Lipinski definition) is 1. The average molecular weight is 335 g/mol. The van der Waals surface area contributed by atoms with Crippen LogP contribution in [0, 0.1) is 0 Å². The summed E-state index contributed by atoms with van der Waals surface area (Å²) >= 11 is 0. The number of likely N-dealkylation sites (tertiary alicyclic amines) is 1. The van der Waals surface area contributed by atoms with Gasteiger partial charge in [0.2, 0.25) is 0 Å². The third-order valence-electron chi connectivity index (χ3n) is 4.25. The first kappa shape index (κ1) is 16.0. The van der Waals surface area contributed by atoms with Crippen LogP contribution in [0.25, 0.3) is 0 Å². The highest BCUT2D eigenvalue weighted by atomic mass is 32.2. The van der Waals surface area contributed by atoms with Gasteiger partial charge in [0.15, 0.2) is 9.84 Å². The van der Waals surface area contributed by atoms with Crippen molar-refractivity contribution in [1.82, 2.24) is 15.1 Å². The predicted molar refractivity (Wildman–Crippen MR) is 87.3 cm³/mol. The van der Waals surface area contributed by atoms with Crippen LogP contribution in [-0.2, 0) is 16.4 Å². The summed E-state index contributed by atoms with van der Waals surface area (Å²) in [6.45, 7) is 2.59. The standard InChI is InChI=1S/C16H21N3O3S/c1-22-14-5-3-4-12(8-14)10-19-7-6-13(11-19)16-15(9-17-18-16)23(2,20)21/h3-5,8-9,13H,6-7,10-11H2,1-2H3,(H,17,18). The zero-order valence-corrected chi connectivity index (χ0v) is 14.1. The molecule has 23 heavy (non-hydrogen) atoms. The topological polar surface area (TPSA) is 75.3 Å². The van der Waals surface area contributed by atoms with Crippen LogP contribution in [0.4, 0.5) is 0 Å². The third kappa shape index (κ3) is 3.56. The highest BCUT2D eigenvalue weighted by Gasteiger charge is 2.29. The van der Waals surface area contributed by atoms with Crippen molar-refractivity contribution in [3.63, 3.8) is 0 Å². The molecule has 7 heteroatoms. The molecule has 3 rings (SSSR count). The molecule has 1 atom stereocenters. The Bertz CT molecular complexity index is 785. The molecule has 6 nitrogen and oxygen atoms in total. The summed E-state index contributed by atoms with van der Waals surface area (Å²) in [4.78, 5) is 2.65. The summed E-state index contributed by atoms with van der Waals surface area (Å²) in [5.74, 6) is 1.03. The van der Waals surface area contributed by atoms with Crippen LogP contribution in [0.5, 0.6) is 5.75 Å². The monoisotopic (exact) mass is 335 g/mol. The molecule has 2 aromatic rings. The number of aromatic amines is 1. The smallest absolute Gasteiger partial charge is 0.178 e. The molecule has 124 valence electrons. The van der Waals surface area contributed by atoms with E-state index in [0.717, 1.165) is 37.5 Å². The van der Waals surface area contributed by atoms with Gasteiger partial charge in [0.25, 0.3) is 0 Å². The van der Waals surface area contributed by atoms with Gasteiger partial charge < -0.3 is 4.74 Å². The minimum Gasteiger partial charge on any atom is -0.497 e. The van der Waals surface area contributed by atoms with Crippen molar-refractivity contribution in [2.75, 3.05) is 26.5 Å². The lowest BCUT2D eigenvalue weighted by Gasteiger charge is -2.16. The number of methoxy groups -OCH3 is 1. The van der Waals surface area contributed by atoms with E-state index < -0.39 is 9.84 Å². The van der Waals surface area contributed by atoms with E-state index in [1.54, 1.807) is 7.11 Å². The SMILES string of the molecule is COc1cccc(CN2CCC(c3[nH]ncc3S(C)(=O)=O)C2)c1. The first-order valence-corrected chi connectivity index (χ1v) is 9.45. The van der Waals surface area contributed by atoms with Crippen molar-refractivity contribution in [1.29, 1.82) is 0 Å². The number of nitrogens with zero attached hydrogens (tertiary/aromatic N) is 2. The zero-order chi connectivity index (χ0) is 16.4. The molecule has 2 heterocycles. The van der Waals surface area contributed by atoms with Crippen molar-refractivity contribution in [3.8, 4) is 5.75 Å². The summed E-state index contributed by atoms with van der Waals surface area (Å²) in [5, 5.41) is 6.81. The van der Waals surface area contributed by atoms with Gasteiger partial charge in [-0.2, -0.15) is 5.10 Å². The first-order valence-electron chi connectivity index (χ1n) is 7.56. The van der Waals surface area contributed by atoms with Crippen LogP contribution in [0.15, 0.2) is 35.4 Å². The van der Waals surface area contributed by atoms with Crippen molar-refractivity contribution in [3.05, 3.63) is 41.7 Å². The van der Waals surface area contributed by atoms with Gasteiger partial charge in [-0.05, 0) is 30.7 Å². The Hall–Kier alpha value is -1.86. The number of hydrogen-bond acceptors (Lipinski definition) is 5. The largest absolute Gasteiger partial charge is 0.497 e. The third-order valence-corrected chi connectivity index (χ3v) is 5.38. The molecular formula is C16H21N3O3S. The predicted octanol–water partition coefficient (Wildman–Crippen LogP) is 1.81. The molecule has 0 aliphatic carbocycles. The average Bonchev–Trinajstić information content (AvgIpc) is 3.15. The summed E-state index contributed by atoms with van der Waals surface area (Å²) in [5.41, 5.74) is 1.93. The molecule has 0 amide bonds. The van der Waals surface area contributed by atoms with Gasteiger partial charge >= 0.3 is 0 Å². The summed E-state index contributed by atoms with van der Waals surface area (Å²) in [7, 11) is -1.58. The normalized spacial score (nSPS) is 19.1. The molecule has 1 fully saturated rings. The van der Waals surface area contributed by atoms with Crippen molar-refractivity contribution >= 4 is 9.84 Å². The lowest BCUT2D eigenvalue weighted by atomic mass is 10.1. The first-order chi connectivity index (χ1) is 11.0. The molecule has 1 aromatic heterocycles. The van der Waals surface area contributed by atoms with E-state index in [2.05, 4.69) is 21.2 Å². The fourth-order valence-electron chi connectivity index (χ4n) is 3.11. The minimum atomic E-state index is -3.24. The highest BCUT2D eigenvalue weighted by molar-refractivity contribution is 7.90. The summed E-state index contributed by atoms with van der Waals surface area (Å²) < 4.78 is 28.9. The Morgan fingerprint density at radius 3 is 3.00 bits per heavy atom. The van der Waals surface area contributed by atoms with Crippen LogP contribution < -0.4 is 4.74 Å². The fraction of sp³-hybridized carbons (Fsp3) is 0.438. The maximum Gasteiger partial charge on any atom is 0.178 e. The van der Waals surface area contributed by atoms with E-state index in [1.807, 2.05) is 18.2 Å². The van der Waals surface area contributed by atoms with E-state index in [9.17, 15) is 8.42 Å². The van der Waals surface area contributed by atoms with Gasteiger partial charge in [0, 0.05) is 25.3 Å². The second-order valence-electron chi connectivity index (χ2n) is 5.99. The molecule has 1 saturated heterocycles. The van der Waals surface area contributed by atoms with Crippen LogP contribution in [0.2, 0.25) is 0 Å². The maximum atomic E-state index is 11.8. The lowest BCUT2D eigenvalue weighted by molar-refractivity contribution is 0.325. The van der Waals surface area contributed by atoms with Crippen molar-refractivity contribution in [2.24, 2.45) is 0 Å². The molecule has 0 spiro atoms. The van der Waals surface area contributed by atoms with E-state index in [1.165, 1.54) is 18.0 Å². The minimum absolute atomic E-state index is 0.174. The molecule has 0 radical (unpaired) electrons. The van der Waals surface area contributed by atoms with Crippen LogP contribution in [-0.4, -0.2) is 50.0 Å². The second kappa shape index (κ2) is 6.33. The zero-order valence-electron chi connectivity index (χ0n) is 13.3. The Balaban J connectivity index is 1.70. The number of sulfone groups is 1. The summed E-state index contributed by atoms with van der Waals surface area (Å²) in [6, 6.07) is 8.02.